The summed E-state index contributed by atoms with van der Waals surface area (Å²) in [5, 5.41) is 0. The highest BCUT2D eigenvalue weighted by atomic mass is 16.2. The van der Waals surface area contributed by atoms with Crippen LogP contribution >= 0.6 is 0 Å². The van der Waals surface area contributed by atoms with Gasteiger partial charge in [0.1, 0.15) is 0 Å². The van der Waals surface area contributed by atoms with E-state index >= 15 is 0 Å². The molecule has 25 heavy (non-hydrogen) atoms. The molecule has 1 atom stereocenters. The van der Waals surface area contributed by atoms with E-state index in [-0.39, 0.29) is 17.9 Å². The Bertz CT molecular complexity index is 624. The number of carbonyl (C=O) groups excluding carboxylic acids is 2. The van der Waals surface area contributed by atoms with E-state index in [4.69, 9.17) is 0 Å². The molecule has 2 saturated heterocycles. The van der Waals surface area contributed by atoms with Crippen LogP contribution in [0.4, 0.5) is 0 Å². The zero-order valence-electron chi connectivity index (χ0n) is 14.6. The van der Waals surface area contributed by atoms with E-state index in [0.29, 0.717) is 12.5 Å². The molecular weight excluding hydrogens is 316 g/mol. The van der Waals surface area contributed by atoms with E-state index in [0.717, 1.165) is 57.5 Å². The first-order valence-corrected chi connectivity index (χ1v) is 9.43. The van der Waals surface area contributed by atoms with Gasteiger partial charge in [-0.1, -0.05) is 12.5 Å². The maximum Gasteiger partial charge on any atom is 0.240 e. The molecule has 0 radical (unpaired) electrons. The fraction of sp³-hybridized carbons (Fsp3) is 0.632. The third-order valence-electron chi connectivity index (χ3n) is 5.89. The smallest absolute Gasteiger partial charge is 0.240 e. The lowest BCUT2D eigenvalue weighted by Crippen LogP contribution is -2.55. The molecule has 2 amide bonds. The van der Waals surface area contributed by atoms with E-state index in [2.05, 4.69) is 9.88 Å². The van der Waals surface area contributed by atoms with Crippen LogP contribution in [0, 0.1) is 5.92 Å². The van der Waals surface area contributed by atoms with Crippen molar-refractivity contribution >= 4 is 11.8 Å². The summed E-state index contributed by atoms with van der Waals surface area (Å²) in [4.78, 5) is 35.5. The van der Waals surface area contributed by atoms with Crippen LogP contribution in [0.3, 0.4) is 0 Å². The van der Waals surface area contributed by atoms with Crippen molar-refractivity contribution in [1.29, 1.82) is 0 Å². The lowest BCUT2D eigenvalue weighted by molar-refractivity contribution is -0.141. The SMILES string of the molecule is O=C(C1CCC1)N1CCN(C2CCN(Cc3cccnc3)C2=O)CC1. The van der Waals surface area contributed by atoms with Gasteiger partial charge in [-0.3, -0.25) is 19.5 Å². The van der Waals surface area contributed by atoms with Crippen LogP contribution in [0.15, 0.2) is 24.5 Å². The van der Waals surface area contributed by atoms with E-state index in [1.54, 1.807) is 6.20 Å². The average molecular weight is 342 g/mol. The minimum Gasteiger partial charge on any atom is -0.340 e. The number of nitrogens with zero attached hydrogens (tertiary/aromatic N) is 4. The van der Waals surface area contributed by atoms with Gasteiger partial charge in [-0.15, -0.1) is 0 Å². The summed E-state index contributed by atoms with van der Waals surface area (Å²) < 4.78 is 0. The third kappa shape index (κ3) is 3.40. The van der Waals surface area contributed by atoms with E-state index in [1.807, 2.05) is 28.1 Å². The van der Waals surface area contributed by atoms with Gasteiger partial charge in [0, 0.05) is 57.6 Å². The Morgan fingerprint density at radius 1 is 1.12 bits per heavy atom. The molecule has 0 N–H and O–H groups in total. The molecule has 4 rings (SSSR count). The predicted octanol–water partition coefficient (Wildman–Crippen LogP) is 1.13. The summed E-state index contributed by atoms with van der Waals surface area (Å²) >= 11 is 0. The van der Waals surface area contributed by atoms with E-state index < -0.39 is 0 Å². The van der Waals surface area contributed by atoms with Crippen LogP contribution in [0.2, 0.25) is 0 Å². The molecule has 3 fully saturated rings. The Kier molecular flexibility index (Phi) is 4.70. The van der Waals surface area contributed by atoms with Crippen LogP contribution in [0.1, 0.15) is 31.2 Å². The van der Waals surface area contributed by atoms with Gasteiger partial charge in [-0.05, 0) is 30.9 Å². The number of likely N-dealkylation sites (tertiary alicyclic amines) is 1. The van der Waals surface area contributed by atoms with Crippen molar-refractivity contribution in [3.63, 3.8) is 0 Å². The van der Waals surface area contributed by atoms with E-state index in [9.17, 15) is 9.59 Å². The number of pyridine rings is 1. The molecule has 1 aromatic heterocycles. The first kappa shape index (κ1) is 16.5. The quantitative estimate of drug-likeness (QED) is 0.823. The van der Waals surface area contributed by atoms with Crippen molar-refractivity contribution in [3.8, 4) is 0 Å². The summed E-state index contributed by atoms with van der Waals surface area (Å²) in [5.74, 6) is 0.833. The van der Waals surface area contributed by atoms with Crippen LogP contribution < -0.4 is 0 Å². The molecule has 1 aliphatic carbocycles. The third-order valence-corrected chi connectivity index (χ3v) is 5.89. The van der Waals surface area contributed by atoms with Crippen molar-refractivity contribution in [3.05, 3.63) is 30.1 Å². The summed E-state index contributed by atoms with van der Waals surface area (Å²) in [6, 6.07) is 3.90. The first-order valence-electron chi connectivity index (χ1n) is 9.43. The Morgan fingerprint density at radius 2 is 1.92 bits per heavy atom. The fourth-order valence-electron chi connectivity index (χ4n) is 4.10. The van der Waals surface area contributed by atoms with Gasteiger partial charge < -0.3 is 9.80 Å². The van der Waals surface area contributed by atoms with Crippen LogP contribution in [-0.4, -0.2) is 70.3 Å². The maximum absolute atomic E-state index is 12.8. The van der Waals surface area contributed by atoms with Crippen LogP contribution in [0.5, 0.6) is 0 Å². The Balaban J connectivity index is 1.30. The second-order valence-corrected chi connectivity index (χ2v) is 7.41. The highest BCUT2D eigenvalue weighted by Gasteiger charge is 2.38. The number of rotatable bonds is 4. The molecule has 1 aromatic rings. The summed E-state index contributed by atoms with van der Waals surface area (Å²) in [5.41, 5.74) is 1.08. The van der Waals surface area contributed by atoms with Crippen LogP contribution in [0.25, 0.3) is 0 Å². The van der Waals surface area contributed by atoms with Crippen molar-refractivity contribution in [2.45, 2.75) is 38.3 Å². The summed E-state index contributed by atoms with van der Waals surface area (Å²) in [7, 11) is 0. The van der Waals surface area contributed by atoms with Gasteiger partial charge in [0.25, 0.3) is 0 Å². The van der Waals surface area contributed by atoms with Gasteiger partial charge >= 0.3 is 0 Å². The number of amides is 2. The highest BCUT2D eigenvalue weighted by molar-refractivity contribution is 5.84. The standard InChI is InChI=1S/C19H26N4O2/c24-18(16-4-1-5-16)22-11-9-21(10-12-22)17-6-8-23(19(17)25)14-15-3-2-7-20-13-15/h2-3,7,13,16-17H,1,4-6,8-12,14H2. The number of piperazine rings is 1. The average Bonchev–Trinajstić information content (AvgIpc) is 2.95. The molecule has 1 unspecified atom stereocenters. The molecule has 6 heteroatoms. The normalized spacial score (nSPS) is 25.3. The van der Waals surface area contributed by atoms with Gasteiger partial charge in [-0.25, -0.2) is 0 Å². The second kappa shape index (κ2) is 7.12. The molecule has 0 aromatic carbocycles. The molecule has 0 spiro atoms. The molecule has 2 aliphatic heterocycles. The zero-order valence-corrected chi connectivity index (χ0v) is 14.6. The molecule has 3 aliphatic rings. The zero-order chi connectivity index (χ0) is 17.2. The first-order chi connectivity index (χ1) is 12.2. The number of carbonyl (C=O) groups is 2. The minimum absolute atomic E-state index is 0.0161. The van der Waals surface area contributed by atoms with Gasteiger partial charge in [0.15, 0.2) is 0 Å². The molecular formula is C19H26N4O2. The topological polar surface area (TPSA) is 56.8 Å². The lowest BCUT2D eigenvalue weighted by Gasteiger charge is -2.39. The summed E-state index contributed by atoms with van der Waals surface area (Å²) in [6.45, 7) is 4.61. The lowest BCUT2D eigenvalue weighted by atomic mass is 9.84. The molecule has 1 saturated carbocycles. The van der Waals surface area contributed by atoms with Gasteiger partial charge in [0.05, 0.1) is 6.04 Å². The Labute approximate surface area is 148 Å². The number of hydrogen-bond donors (Lipinski definition) is 0. The monoisotopic (exact) mass is 342 g/mol. The predicted molar refractivity (Wildman–Crippen MR) is 93.6 cm³/mol. The minimum atomic E-state index is -0.0161. The fourth-order valence-corrected chi connectivity index (χ4v) is 4.10. The second-order valence-electron chi connectivity index (χ2n) is 7.41. The number of aromatic nitrogens is 1. The molecule has 0 bridgehead atoms. The Hall–Kier alpha value is -1.95. The number of hydrogen-bond acceptors (Lipinski definition) is 4. The van der Waals surface area contributed by atoms with Gasteiger partial charge in [0.2, 0.25) is 11.8 Å². The molecule has 3 heterocycles. The molecule has 6 nitrogen and oxygen atoms in total. The van der Waals surface area contributed by atoms with E-state index in [1.165, 1.54) is 6.42 Å². The highest BCUT2D eigenvalue weighted by Crippen LogP contribution is 2.29. The van der Waals surface area contributed by atoms with Crippen molar-refractivity contribution in [1.82, 2.24) is 19.7 Å². The Morgan fingerprint density at radius 3 is 2.56 bits per heavy atom. The molecule has 134 valence electrons. The van der Waals surface area contributed by atoms with Crippen LogP contribution in [-0.2, 0) is 16.1 Å². The largest absolute Gasteiger partial charge is 0.340 e. The maximum atomic E-state index is 12.8. The van der Waals surface area contributed by atoms with Gasteiger partial charge in [-0.2, -0.15) is 0 Å². The van der Waals surface area contributed by atoms with Crippen molar-refractivity contribution in [2.24, 2.45) is 5.92 Å². The van der Waals surface area contributed by atoms with Crippen molar-refractivity contribution < 1.29 is 9.59 Å². The van der Waals surface area contributed by atoms with Crippen molar-refractivity contribution in [2.75, 3.05) is 32.7 Å². The summed E-state index contributed by atoms with van der Waals surface area (Å²) in [6.07, 6.45) is 7.77.